The van der Waals surface area contributed by atoms with Crippen LogP contribution in [0.1, 0.15) is 60.6 Å². The van der Waals surface area contributed by atoms with E-state index < -0.39 is 34.0 Å². The SMILES string of the molecule is COC(=O)c1cc2c(C)ccc(O)c2[nH]1.Cc1cc(OC(=O)N(C)C)cc(OC(=O)N(C)C)c1.Cc1ccc(O)c(F)c1.Cc1ccc(O)c2[nH]c(=O)ccc12.Cc1ccc(O)c2[nH]c(=O)sc12.Cc1ccc(O)c2c1OCC(=O)N2.Cc1ccc(O)cc1C.Cc1cccc2c1OCS(=O)(=O)N2. The summed E-state index contributed by atoms with van der Waals surface area (Å²) in [5.41, 5.74) is 11.5. The number of aromatic amines is 3. The van der Waals surface area contributed by atoms with Crippen LogP contribution in [-0.4, -0.2) is 136 Å². The number of methoxy groups -OCH3 is 1. The molecule has 11 N–H and O–H groups in total. The van der Waals surface area contributed by atoms with Crippen LogP contribution in [0.4, 0.5) is 25.4 Å². The Balaban J connectivity index is 0.000000187. The Labute approximate surface area is 595 Å². The van der Waals surface area contributed by atoms with Crippen molar-refractivity contribution in [2.45, 2.75) is 62.3 Å². The number of para-hydroxylation sites is 1. The molecular formula is C74H80FN7O19S2. The molecule has 103 heavy (non-hydrogen) atoms. The van der Waals surface area contributed by atoms with Crippen molar-refractivity contribution in [2.75, 3.05) is 57.9 Å². The first kappa shape index (κ1) is 79.7. The zero-order valence-electron chi connectivity index (χ0n) is 58.8. The number of aromatic nitrogens is 3. The second-order valence-corrected chi connectivity index (χ2v) is 26.3. The van der Waals surface area contributed by atoms with E-state index in [2.05, 4.69) is 29.7 Å². The number of aromatic hydroxyl groups is 6. The third kappa shape index (κ3) is 22.6. The lowest BCUT2D eigenvalue weighted by atomic mass is 10.1. The summed E-state index contributed by atoms with van der Waals surface area (Å²) in [7, 11) is 4.39. The minimum absolute atomic E-state index is 0.0112. The topological polar surface area (TPSA) is 382 Å². The van der Waals surface area contributed by atoms with Crippen molar-refractivity contribution < 1.29 is 86.3 Å². The summed E-state index contributed by atoms with van der Waals surface area (Å²) in [6.45, 7) is 17.1. The molecular weight excluding hydrogens is 1370 g/mol. The first-order valence-electron chi connectivity index (χ1n) is 31.1. The fourth-order valence-corrected chi connectivity index (χ4v) is 10.9. The number of rotatable bonds is 3. The van der Waals surface area contributed by atoms with E-state index in [4.69, 9.17) is 29.2 Å². The van der Waals surface area contributed by atoms with Crippen LogP contribution in [-0.2, 0) is 19.6 Å². The number of nitrogens with zero attached hydrogens (tertiary/aromatic N) is 2. The Morgan fingerprint density at radius 1 is 0.524 bits per heavy atom. The molecule has 13 rings (SSSR count). The number of fused-ring (bicyclic) bond motifs is 5. The van der Waals surface area contributed by atoms with Crippen LogP contribution in [0.2, 0.25) is 0 Å². The smallest absolute Gasteiger partial charge is 0.414 e. The molecule has 0 atom stereocenters. The molecule has 5 heterocycles. The number of halogens is 1. The highest BCUT2D eigenvalue weighted by Crippen LogP contribution is 2.39. The Hall–Kier alpha value is -12.2. The highest BCUT2D eigenvalue weighted by Gasteiger charge is 2.23. The summed E-state index contributed by atoms with van der Waals surface area (Å²) in [5, 5.41) is 59.6. The van der Waals surface area contributed by atoms with E-state index in [9.17, 15) is 62.0 Å². The summed E-state index contributed by atoms with van der Waals surface area (Å²) >= 11 is 1.12. The van der Waals surface area contributed by atoms with E-state index in [0.717, 1.165) is 71.3 Å². The Morgan fingerprint density at radius 2 is 1.07 bits per heavy atom. The van der Waals surface area contributed by atoms with Gasteiger partial charge in [-0.15, -0.1) is 0 Å². The van der Waals surface area contributed by atoms with Crippen molar-refractivity contribution in [3.63, 3.8) is 0 Å². The normalized spacial score (nSPS) is 11.7. The van der Waals surface area contributed by atoms with Gasteiger partial charge < -0.3 is 84.4 Å². The van der Waals surface area contributed by atoms with E-state index in [1.54, 1.807) is 126 Å². The first-order chi connectivity index (χ1) is 48.4. The van der Waals surface area contributed by atoms with E-state index in [1.165, 1.54) is 52.8 Å². The molecule has 0 spiro atoms. The third-order valence-corrected chi connectivity index (χ3v) is 16.8. The van der Waals surface area contributed by atoms with Crippen molar-refractivity contribution in [1.29, 1.82) is 0 Å². The number of phenols is 6. The number of carbonyl (C=O) groups excluding carboxylic acids is 4. The van der Waals surface area contributed by atoms with Gasteiger partial charge in [-0.1, -0.05) is 59.9 Å². The van der Waals surface area contributed by atoms with Crippen molar-refractivity contribution in [3.05, 3.63) is 221 Å². The summed E-state index contributed by atoms with van der Waals surface area (Å²) < 4.78 is 62.9. The van der Waals surface area contributed by atoms with E-state index >= 15 is 0 Å². The maximum absolute atomic E-state index is 12.3. The number of nitrogens with one attached hydrogen (secondary N) is 5. The van der Waals surface area contributed by atoms with Gasteiger partial charge in [0.1, 0.15) is 68.6 Å². The van der Waals surface area contributed by atoms with Gasteiger partial charge in [0.15, 0.2) is 18.2 Å². The maximum Gasteiger partial charge on any atom is 0.414 e. The molecule has 11 aromatic rings. The summed E-state index contributed by atoms with van der Waals surface area (Å²) in [5.74, 6) is 0.765. The highest BCUT2D eigenvalue weighted by atomic mass is 32.2. The number of pyridine rings is 1. The van der Waals surface area contributed by atoms with Crippen LogP contribution < -0.4 is 39.4 Å². The maximum atomic E-state index is 12.3. The minimum atomic E-state index is -3.29. The molecule has 2 aliphatic rings. The van der Waals surface area contributed by atoms with Crippen molar-refractivity contribution in [2.24, 2.45) is 0 Å². The fraction of sp³-hybridized carbons (Fsp3) is 0.216. The van der Waals surface area contributed by atoms with Gasteiger partial charge in [0, 0.05) is 51.1 Å². The summed E-state index contributed by atoms with van der Waals surface area (Å²) in [6, 6.07) is 38.1. The highest BCUT2D eigenvalue weighted by molar-refractivity contribution is 7.92. The van der Waals surface area contributed by atoms with Gasteiger partial charge in [-0.25, -0.2) is 27.2 Å². The molecule has 0 fully saturated rings. The molecule has 3 amide bonds. The number of ether oxygens (including phenoxy) is 5. The van der Waals surface area contributed by atoms with Gasteiger partial charge >= 0.3 is 23.0 Å². The second-order valence-electron chi connectivity index (χ2n) is 23.6. The molecule has 0 aliphatic carbocycles. The molecule has 0 saturated heterocycles. The number of hydrogen-bond donors (Lipinski definition) is 11. The lowest BCUT2D eigenvalue weighted by Crippen LogP contribution is -2.26. The molecule has 8 aromatic carbocycles. The van der Waals surface area contributed by atoms with Crippen LogP contribution in [0.25, 0.3) is 32.0 Å². The molecule has 0 bridgehead atoms. The lowest BCUT2D eigenvalue weighted by molar-refractivity contribution is -0.118. The van der Waals surface area contributed by atoms with Crippen molar-refractivity contribution in [3.8, 4) is 57.5 Å². The number of thiazole rings is 1. The molecule has 0 saturated carbocycles. The number of aryl methyl sites for hydroxylation is 9. The largest absolute Gasteiger partial charge is 0.508 e. The Bertz CT molecular complexity index is 4970. The number of hydrogen-bond acceptors (Lipinski definition) is 20. The molecule has 0 radical (unpaired) electrons. The van der Waals surface area contributed by atoms with Crippen LogP contribution in [0, 0.1) is 68.1 Å². The third-order valence-electron chi connectivity index (χ3n) is 14.8. The van der Waals surface area contributed by atoms with E-state index in [0.29, 0.717) is 62.4 Å². The molecule has 29 heteroatoms. The van der Waals surface area contributed by atoms with Crippen molar-refractivity contribution in [1.82, 2.24) is 24.8 Å². The fourth-order valence-electron chi connectivity index (χ4n) is 9.20. The number of esters is 1. The van der Waals surface area contributed by atoms with Crippen LogP contribution in [0.3, 0.4) is 0 Å². The zero-order valence-corrected chi connectivity index (χ0v) is 60.4. The molecule has 26 nitrogen and oxygen atoms in total. The van der Waals surface area contributed by atoms with Crippen LogP contribution in [0.15, 0.2) is 149 Å². The van der Waals surface area contributed by atoms with Gasteiger partial charge in [-0.05, 0) is 191 Å². The zero-order chi connectivity index (χ0) is 76.3. The number of amides is 3. The van der Waals surface area contributed by atoms with Crippen molar-refractivity contribution >= 4 is 88.8 Å². The number of H-pyrrole nitrogens is 3. The number of phenolic OH excluding ortho intramolecular Hbond substituents is 6. The van der Waals surface area contributed by atoms with E-state index in [-0.39, 0.29) is 57.6 Å². The van der Waals surface area contributed by atoms with E-state index in [1.807, 2.05) is 73.6 Å². The number of anilines is 2. The average molecular weight is 1450 g/mol. The molecule has 544 valence electrons. The Morgan fingerprint density at radius 3 is 1.62 bits per heavy atom. The average Bonchev–Trinajstić information content (AvgIpc) is 1.72. The first-order valence-corrected chi connectivity index (χ1v) is 33.5. The number of carbonyl (C=O) groups is 4. The second kappa shape index (κ2) is 35.7. The standard InChI is InChI=1S/C13H18N2O4.C11H11NO3.C10H9NO2.C9H9NO3.C8H9NO3S.C8H7NO2S.C8H10O.C7H7FO/c1-9-6-10(18-12(16)14(2)3)8-11(7-9)19-13(17)15(4)5;1-6-3-4-9(13)10-7(6)5-8(12-10)11(14)15-2;1-6-2-4-8(12)10-7(6)3-5-9(13)11-10;1-5-2-3-6(11)8-9(5)13-4-7(12)10-8;1-6-3-2-4-7-8(6)12-5-13(10,11)9-7;1-4-2-3-5(10)6-7(4)12-8(11)9-6;1-6-3-4-8(9)5-7(6)2;1-5-2-3-7(9)6(8)4-5/h6-8H,1-5H3;3-5,12-13H,1-2H3;2-5,12H,1H3,(H,11,13);2-3,11H,4H2,1H3,(H,10,12);2-4,9H,5H2,1H3;2-3,10H,1H3,(H,9,11);3-5,9H,1-2H3;2-4,9H,1H3. The predicted molar refractivity (Wildman–Crippen MR) is 393 cm³/mol. The summed E-state index contributed by atoms with van der Waals surface area (Å²) in [4.78, 5) is 77.5. The van der Waals surface area contributed by atoms with Gasteiger partial charge in [0.25, 0.3) is 15.9 Å². The quantitative estimate of drug-likeness (QED) is 0.0578. The Kier molecular flexibility index (Phi) is 27.6. The van der Waals surface area contributed by atoms with Gasteiger partial charge in [0.05, 0.1) is 28.5 Å². The van der Waals surface area contributed by atoms with Gasteiger partial charge in [-0.2, -0.15) is 0 Å². The molecule has 0 unspecified atom stereocenters. The monoisotopic (exact) mass is 1450 g/mol. The number of benzene rings is 8. The van der Waals surface area contributed by atoms with Crippen LogP contribution in [0.5, 0.6) is 57.5 Å². The molecule has 2 aliphatic heterocycles. The summed E-state index contributed by atoms with van der Waals surface area (Å²) in [6.07, 6.45) is -0.981. The minimum Gasteiger partial charge on any atom is -0.508 e. The van der Waals surface area contributed by atoms with Gasteiger partial charge in [-0.3, -0.25) is 19.1 Å². The lowest BCUT2D eigenvalue weighted by Gasteiger charge is -2.20. The van der Waals surface area contributed by atoms with Gasteiger partial charge in [0.2, 0.25) is 11.5 Å². The van der Waals surface area contributed by atoms with Crippen LogP contribution >= 0.6 is 11.3 Å². The predicted octanol–water partition coefficient (Wildman–Crippen LogP) is 13.2. The molecule has 3 aromatic heterocycles. The number of sulfonamides is 1.